The van der Waals surface area contributed by atoms with E-state index in [9.17, 15) is 0 Å². The van der Waals surface area contributed by atoms with Crippen LogP contribution in [0.5, 0.6) is 0 Å². The van der Waals surface area contributed by atoms with Gasteiger partial charge in [-0.05, 0) is 24.1 Å². The zero-order chi connectivity index (χ0) is 10.4. The molecule has 0 fully saturated rings. The third-order valence-corrected chi connectivity index (χ3v) is 3.45. The van der Waals surface area contributed by atoms with E-state index in [-0.39, 0.29) is 0 Å². The topological polar surface area (TPSA) is 36.7 Å². The van der Waals surface area contributed by atoms with Crippen molar-refractivity contribution in [3.8, 4) is 6.07 Å². The van der Waals surface area contributed by atoms with Crippen LogP contribution in [0, 0.1) is 11.3 Å². The smallest absolute Gasteiger partial charge is 0.140 e. The van der Waals surface area contributed by atoms with Gasteiger partial charge in [-0.15, -0.1) is 0 Å². The van der Waals surface area contributed by atoms with E-state index in [0.717, 1.165) is 5.75 Å². The highest BCUT2D eigenvalue weighted by atomic mass is 32.2. The molecule has 74 valence electrons. The minimum atomic E-state index is 0.507. The number of nitriles is 1. The number of hydrogen-bond donors (Lipinski definition) is 0. The van der Waals surface area contributed by atoms with E-state index >= 15 is 0 Å². The van der Waals surface area contributed by atoms with Crippen LogP contribution in [0.15, 0.2) is 18.3 Å². The van der Waals surface area contributed by atoms with Gasteiger partial charge in [0.15, 0.2) is 0 Å². The van der Waals surface area contributed by atoms with Crippen LogP contribution in [-0.4, -0.2) is 10.2 Å². The Bertz CT molecular complexity index is 330. The zero-order valence-corrected chi connectivity index (χ0v) is 9.34. The van der Waals surface area contributed by atoms with Crippen molar-refractivity contribution in [2.45, 2.75) is 31.3 Å². The van der Waals surface area contributed by atoms with E-state index in [1.54, 1.807) is 6.20 Å². The molecule has 0 aliphatic carbocycles. The fraction of sp³-hybridized carbons (Fsp3) is 0.455. The molecule has 0 aliphatic heterocycles. The summed E-state index contributed by atoms with van der Waals surface area (Å²) in [4.78, 5) is 3.93. The first-order valence-electron chi connectivity index (χ1n) is 4.73. The van der Waals surface area contributed by atoms with Crippen molar-refractivity contribution >= 4 is 11.8 Å². The van der Waals surface area contributed by atoms with Crippen molar-refractivity contribution in [1.82, 2.24) is 4.98 Å². The first-order valence-corrected chi connectivity index (χ1v) is 5.77. The van der Waals surface area contributed by atoms with Gasteiger partial charge in [-0.25, -0.2) is 4.98 Å². The number of thioether (sulfide) groups is 1. The minimum Gasteiger partial charge on any atom is -0.246 e. The Labute approximate surface area is 89.4 Å². The van der Waals surface area contributed by atoms with Crippen LogP contribution >= 0.6 is 11.8 Å². The van der Waals surface area contributed by atoms with E-state index < -0.39 is 0 Å². The molecule has 2 nitrogen and oxygen atoms in total. The molecule has 0 amide bonds. The summed E-state index contributed by atoms with van der Waals surface area (Å²) in [7, 11) is 0. The Morgan fingerprint density at radius 2 is 2.43 bits per heavy atom. The molecule has 1 aromatic rings. The summed E-state index contributed by atoms with van der Waals surface area (Å²) in [6, 6.07) is 5.87. The molecule has 14 heavy (non-hydrogen) atoms. The van der Waals surface area contributed by atoms with Crippen LogP contribution in [-0.2, 0) is 5.75 Å². The molecule has 0 radical (unpaired) electrons. The van der Waals surface area contributed by atoms with Crippen molar-refractivity contribution in [1.29, 1.82) is 5.26 Å². The van der Waals surface area contributed by atoms with Crippen molar-refractivity contribution < 1.29 is 0 Å². The van der Waals surface area contributed by atoms with Crippen LogP contribution in [0.2, 0.25) is 0 Å². The Balaban J connectivity index is 2.55. The van der Waals surface area contributed by atoms with Gasteiger partial charge in [-0.3, -0.25) is 0 Å². The van der Waals surface area contributed by atoms with Gasteiger partial charge in [-0.1, -0.05) is 13.8 Å². The van der Waals surface area contributed by atoms with Gasteiger partial charge >= 0.3 is 0 Å². The van der Waals surface area contributed by atoms with E-state index in [0.29, 0.717) is 10.9 Å². The predicted octanol–water partition coefficient (Wildman–Crippen LogP) is 2.98. The molecule has 1 unspecified atom stereocenters. The van der Waals surface area contributed by atoms with E-state index in [2.05, 4.69) is 18.8 Å². The summed E-state index contributed by atoms with van der Waals surface area (Å²) in [5.74, 6) is 0.964. The first kappa shape index (κ1) is 11.1. The normalized spacial score (nSPS) is 12.1. The molecule has 0 aromatic carbocycles. The van der Waals surface area contributed by atoms with Crippen LogP contribution in [0.1, 0.15) is 31.5 Å². The van der Waals surface area contributed by atoms with Crippen LogP contribution in [0.4, 0.5) is 0 Å². The lowest BCUT2D eigenvalue weighted by atomic mass is 10.2. The quantitative estimate of drug-likeness (QED) is 0.760. The fourth-order valence-electron chi connectivity index (χ4n) is 0.982. The largest absolute Gasteiger partial charge is 0.246 e. The average molecular weight is 206 g/mol. The monoisotopic (exact) mass is 206 g/mol. The van der Waals surface area contributed by atoms with Crippen molar-refractivity contribution in [3.63, 3.8) is 0 Å². The van der Waals surface area contributed by atoms with Crippen molar-refractivity contribution in [3.05, 3.63) is 29.6 Å². The number of rotatable bonds is 4. The molecule has 1 atom stereocenters. The standard InChI is InChI=1S/C11H14N2S/c1-3-9(2)14-8-10-4-5-13-11(6-10)7-12/h4-6,9H,3,8H2,1-2H3. The summed E-state index contributed by atoms with van der Waals surface area (Å²) < 4.78 is 0. The maximum atomic E-state index is 8.67. The van der Waals surface area contributed by atoms with Gasteiger partial charge in [-0.2, -0.15) is 17.0 Å². The number of pyridine rings is 1. The fourth-order valence-corrected chi connectivity index (χ4v) is 1.87. The highest BCUT2D eigenvalue weighted by Gasteiger charge is 2.01. The van der Waals surface area contributed by atoms with Crippen LogP contribution in [0.3, 0.4) is 0 Å². The summed E-state index contributed by atoms with van der Waals surface area (Å²) >= 11 is 1.91. The zero-order valence-electron chi connectivity index (χ0n) is 8.53. The van der Waals surface area contributed by atoms with Gasteiger partial charge in [0, 0.05) is 17.2 Å². The second-order valence-electron chi connectivity index (χ2n) is 3.19. The van der Waals surface area contributed by atoms with Crippen molar-refractivity contribution in [2.24, 2.45) is 0 Å². The third-order valence-electron chi connectivity index (χ3n) is 2.05. The molecular weight excluding hydrogens is 192 g/mol. The summed E-state index contributed by atoms with van der Waals surface area (Å²) in [6.45, 7) is 4.40. The van der Waals surface area contributed by atoms with E-state index in [1.807, 2.05) is 30.0 Å². The maximum absolute atomic E-state index is 8.67. The van der Waals surface area contributed by atoms with Gasteiger partial charge in [0.1, 0.15) is 11.8 Å². The first-order chi connectivity index (χ1) is 6.76. The number of nitrogens with zero attached hydrogens (tertiary/aromatic N) is 2. The molecule has 0 aliphatic rings. The summed E-state index contributed by atoms with van der Waals surface area (Å²) in [6.07, 6.45) is 2.88. The molecule has 3 heteroatoms. The SMILES string of the molecule is CCC(C)SCc1ccnc(C#N)c1. The van der Waals surface area contributed by atoms with Gasteiger partial charge in [0.2, 0.25) is 0 Å². The molecule has 0 N–H and O–H groups in total. The average Bonchev–Trinajstić information content (AvgIpc) is 2.26. The van der Waals surface area contributed by atoms with Crippen molar-refractivity contribution in [2.75, 3.05) is 0 Å². The molecule has 0 saturated heterocycles. The number of hydrogen-bond acceptors (Lipinski definition) is 3. The molecule has 1 heterocycles. The molecule has 0 saturated carbocycles. The maximum Gasteiger partial charge on any atom is 0.140 e. The molecule has 0 spiro atoms. The highest BCUT2D eigenvalue weighted by molar-refractivity contribution is 7.99. The second-order valence-corrected chi connectivity index (χ2v) is 4.62. The van der Waals surface area contributed by atoms with E-state index in [1.165, 1.54) is 12.0 Å². The van der Waals surface area contributed by atoms with Gasteiger partial charge in [0.25, 0.3) is 0 Å². The Hall–Kier alpha value is -1.01. The van der Waals surface area contributed by atoms with E-state index in [4.69, 9.17) is 5.26 Å². The minimum absolute atomic E-state index is 0.507. The third kappa shape index (κ3) is 3.39. The molecule has 1 rings (SSSR count). The van der Waals surface area contributed by atoms with Gasteiger partial charge in [0.05, 0.1) is 0 Å². The highest BCUT2D eigenvalue weighted by Crippen LogP contribution is 2.19. The molecule has 1 aromatic heterocycles. The molecule has 0 bridgehead atoms. The Morgan fingerprint density at radius 1 is 1.64 bits per heavy atom. The Kier molecular flexibility index (Phi) is 4.48. The van der Waals surface area contributed by atoms with Crippen LogP contribution < -0.4 is 0 Å². The lowest BCUT2D eigenvalue weighted by Crippen LogP contribution is -1.94. The lowest BCUT2D eigenvalue weighted by molar-refractivity contribution is 0.905. The predicted molar refractivity (Wildman–Crippen MR) is 60.0 cm³/mol. The molecular formula is C11H14N2S. The lowest BCUT2D eigenvalue weighted by Gasteiger charge is -2.07. The number of aromatic nitrogens is 1. The summed E-state index contributed by atoms with van der Waals surface area (Å²) in [5.41, 5.74) is 1.69. The second kappa shape index (κ2) is 5.66. The Morgan fingerprint density at radius 3 is 3.07 bits per heavy atom. The summed E-state index contributed by atoms with van der Waals surface area (Å²) in [5, 5.41) is 9.34. The van der Waals surface area contributed by atoms with Gasteiger partial charge < -0.3 is 0 Å². The van der Waals surface area contributed by atoms with Crippen LogP contribution in [0.25, 0.3) is 0 Å².